The van der Waals surface area contributed by atoms with Gasteiger partial charge in [0.1, 0.15) is 0 Å². The molecule has 2 N–H and O–H groups in total. The standard InChI is InChI=1S/C15H10BrN3O2S2/c16-10-5-3-9(4-6-10)13(20)18-19-14(21)12(23-15(19)22)8-11-2-1-7-17-11/h1-8,17H,(H,18,20)/b12-8-. The predicted molar refractivity (Wildman–Crippen MR) is 97.4 cm³/mol. The molecule has 1 fully saturated rings. The molecule has 3 rings (SSSR count). The number of halogens is 1. The van der Waals surface area contributed by atoms with Crippen molar-refractivity contribution >= 4 is 62.1 Å². The van der Waals surface area contributed by atoms with Gasteiger partial charge in [-0.05, 0) is 54.7 Å². The Hall–Kier alpha value is -1.90. The third-order valence-corrected chi connectivity index (χ3v) is 4.85. The van der Waals surface area contributed by atoms with Crippen LogP contribution in [-0.4, -0.2) is 26.1 Å². The molecule has 8 heteroatoms. The van der Waals surface area contributed by atoms with Crippen LogP contribution in [0.5, 0.6) is 0 Å². The minimum absolute atomic E-state index is 0.290. The van der Waals surface area contributed by atoms with Crippen LogP contribution in [0, 0.1) is 0 Å². The lowest BCUT2D eigenvalue weighted by molar-refractivity contribution is -0.123. The largest absolute Gasteiger partial charge is 0.362 e. The van der Waals surface area contributed by atoms with E-state index in [4.69, 9.17) is 12.2 Å². The van der Waals surface area contributed by atoms with Crippen LogP contribution in [-0.2, 0) is 4.79 Å². The highest BCUT2D eigenvalue weighted by Crippen LogP contribution is 2.31. The molecule has 2 aromatic rings. The lowest BCUT2D eigenvalue weighted by atomic mass is 10.2. The molecular formula is C15H10BrN3O2S2. The van der Waals surface area contributed by atoms with Crippen LogP contribution in [0.3, 0.4) is 0 Å². The van der Waals surface area contributed by atoms with Gasteiger partial charge in [-0.15, -0.1) is 0 Å². The Morgan fingerprint density at radius 2 is 2.04 bits per heavy atom. The number of thiocarbonyl (C=S) groups is 1. The van der Waals surface area contributed by atoms with Gasteiger partial charge in [-0.3, -0.25) is 15.0 Å². The molecule has 0 spiro atoms. The van der Waals surface area contributed by atoms with E-state index in [2.05, 4.69) is 26.3 Å². The van der Waals surface area contributed by atoms with Gasteiger partial charge in [0.2, 0.25) is 0 Å². The maximum atomic E-state index is 12.4. The molecule has 1 saturated heterocycles. The number of hydrazine groups is 1. The Bertz CT molecular complexity index is 801. The van der Waals surface area contributed by atoms with E-state index < -0.39 is 5.91 Å². The van der Waals surface area contributed by atoms with Gasteiger partial charge < -0.3 is 4.98 Å². The van der Waals surface area contributed by atoms with Gasteiger partial charge in [0.05, 0.1) is 4.91 Å². The number of amides is 2. The van der Waals surface area contributed by atoms with Crippen molar-refractivity contribution in [2.75, 3.05) is 0 Å². The minimum atomic E-state index is -0.394. The van der Waals surface area contributed by atoms with Gasteiger partial charge in [-0.2, -0.15) is 5.01 Å². The molecule has 2 amide bonds. The maximum Gasteiger partial charge on any atom is 0.285 e. The number of nitrogens with one attached hydrogen (secondary N) is 2. The highest BCUT2D eigenvalue weighted by atomic mass is 79.9. The van der Waals surface area contributed by atoms with E-state index in [1.807, 2.05) is 12.1 Å². The fraction of sp³-hybridized carbons (Fsp3) is 0. The van der Waals surface area contributed by atoms with Crippen LogP contribution >= 0.6 is 39.9 Å². The molecule has 116 valence electrons. The summed E-state index contributed by atoms with van der Waals surface area (Å²) < 4.78 is 1.16. The number of nitrogens with zero attached hydrogens (tertiary/aromatic N) is 1. The molecule has 23 heavy (non-hydrogen) atoms. The zero-order valence-corrected chi connectivity index (χ0v) is 14.8. The summed E-state index contributed by atoms with van der Waals surface area (Å²) >= 11 is 9.63. The van der Waals surface area contributed by atoms with Crippen molar-refractivity contribution in [2.24, 2.45) is 0 Å². The van der Waals surface area contributed by atoms with E-state index in [1.165, 1.54) is 0 Å². The fourth-order valence-electron chi connectivity index (χ4n) is 1.91. The predicted octanol–water partition coefficient (Wildman–Crippen LogP) is 3.32. The number of thioether (sulfide) groups is 1. The molecule has 0 bridgehead atoms. The average molecular weight is 408 g/mol. The number of rotatable bonds is 3. The van der Waals surface area contributed by atoms with E-state index in [0.29, 0.717) is 14.8 Å². The number of aromatic amines is 1. The second kappa shape index (κ2) is 6.69. The fourth-order valence-corrected chi connectivity index (χ4v) is 3.34. The molecule has 5 nitrogen and oxygen atoms in total. The van der Waals surface area contributed by atoms with Gasteiger partial charge >= 0.3 is 0 Å². The van der Waals surface area contributed by atoms with Crippen molar-refractivity contribution < 1.29 is 9.59 Å². The summed E-state index contributed by atoms with van der Waals surface area (Å²) in [7, 11) is 0. The summed E-state index contributed by atoms with van der Waals surface area (Å²) in [6.45, 7) is 0. The average Bonchev–Trinajstić information content (AvgIpc) is 3.12. The number of hydrogen-bond donors (Lipinski definition) is 2. The molecule has 0 unspecified atom stereocenters. The number of benzene rings is 1. The van der Waals surface area contributed by atoms with Gasteiger partial charge in [0.15, 0.2) is 4.32 Å². The highest BCUT2D eigenvalue weighted by molar-refractivity contribution is 9.10. The van der Waals surface area contributed by atoms with Crippen LogP contribution in [0.25, 0.3) is 6.08 Å². The lowest BCUT2D eigenvalue weighted by Gasteiger charge is -2.15. The molecule has 0 saturated carbocycles. The molecular weight excluding hydrogens is 398 g/mol. The highest BCUT2D eigenvalue weighted by Gasteiger charge is 2.33. The van der Waals surface area contributed by atoms with Crippen molar-refractivity contribution in [2.45, 2.75) is 0 Å². The van der Waals surface area contributed by atoms with Gasteiger partial charge in [-0.1, -0.05) is 27.7 Å². The summed E-state index contributed by atoms with van der Waals surface area (Å²) in [4.78, 5) is 28.0. The van der Waals surface area contributed by atoms with E-state index >= 15 is 0 Å². The van der Waals surface area contributed by atoms with E-state index in [0.717, 1.165) is 26.9 Å². The zero-order chi connectivity index (χ0) is 16.4. The zero-order valence-electron chi connectivity index (χ0n) is 11.6. The first-order valence-corrected chi connectivity index (χ1v) is 8.54. The number of carbonyl (C=O) groups is 2. The summed E-state index contributed by atoms with van der Waals surface area (Å²) in [6, 6.07) is 10.5. The van der Waals surface area contributed by atoms with E-state index in [1.54, 1.807) is 36.5 Å². The Balaban J connectivity index is 1.75. The van der Waals surface area contributed by atoms with Crippen LogP contribution in [0.2, 0.25) is 0 Å². The molecule has 1 aliphatic heterocycles. The topological polar surface area (TPSA) is 65.2 Å². The summed E-state index contributed by atoms with van der Waals surface area (Å²) in [6.07, 6.45) is 3.47. The number of carbonyl (C=O) groups excluding carboxylic acids is 2. The normalized spacial score (nSPS) is 16.2. The van der Waals surface area contributed by atoms with Crippen molar-refractivity contribution in [3.63, 3.8) is 0 Å². The smallest absolute Gasteiger partial charge is 0.285 e. The van der Waals surface area contributed by atoms with E-state index in [9.17, 15) is 9.59 Å². The molecule has 0 aliphatic carbocycles. The summed E-state index contributed by atoms with van der Waals surface area (Å²) in [5, 5.41) is 1.10. The maximum absolute atomic E-state index is 12.4. The van der Waals surface area contributed by atoms with Crippen LogP contribution in [0.1, 0.15) is 16.1 Å². The van der Waals surface area contributed by atoms with E-state index in [-0.39, 0.29) is 5.91 Å². The third kappa shape index (κ3) is 3.54. The Morgan fingerprint density at radius 1 is 1.30 bits per heavy atom. The first kappa shape index (κ1) is 16.0. The molecule has 1 aromatic carbocycles. The first-order valence-electron chi connectivity index (χ1n) is 6.52. The van der Waals surface area contributed by atoms with Gasteiger partial charge in [0.25, 0.3) is 11.8 Å². The molecule has 0 radical (unpaired) electrons. The minimum Gasteiger partial charge on any atom is -0.362 e. The Morgan fingerprint density at radius 3 is 2.70 bits per heavy atom. The quantitative estimate of drug-likeness (QED) is 0.604. The van der Waals surface area contributed by atoms with Crippen molar-refractivity contribution in [3.8, 4) is 0 Å². The molecule has 1 aliphatic rings. The second-order valence-corrected chi connectivity index (χ2v) is 7.18. The van der Waals surface area contributed by atoms with Crippen molar-refractivity contribution in [1.29, 1.82) is 0 Å². The Labute approximate surface area is 150 Å². The number of aromatic nitrogens is 1. The number of hydrogen-bond acceptors (Lipinski definition) is 4. The van der Waals surface area contributed by atoms with Crippen LogP contribution in [0.15, 0.2) is 52.0 Å². The van der Waals surface area contributed by atoms with Crippen molar-refractivity contribution in [1.82, 2.24) is 15.4 Å². The third-order valence-electron chi connectivity index (χ3n) is 3.02. The second-order valence-electron chi connectivity index (χ2n) is 4.59. The molecule has 1 aromatic heterocycles. The van der Waals surface area contributed by atoms with Crippen LogP contribution < -0.4 is 5.43 Å². The SMILES string of the molecule is O=C(NN1C(=O)/C(=C/c2ccc[nH]2)SC1=S)c1ccc(Br)cc1. The molecule has 2 heterocycles. The summed E-state index contributed by atoms with van der Waals surface area (Å²) in [5.74, 6) is -0.741. The summed E-state index contributed by atoms with van der Waals surface area (Å²) in [5.41, 5.74) is 3.78. The Kier molecular flexibility index (Phi) is 4.65. The van der Waals surface area contributed by atoms with Crippen LogP contribution in [0.4, 0.5) is 0 Å². The number of H-pyrrole nitrogens is 1. The monoisotopic (exact) mass is 407 g/mol. The van der Waals surface area contributed by atoms with Crippen molar-refractivity contribution in [3.05, 3.63) is 63.2 Å². The van der Waals surface area contributed by atoms with Gasteiger partial charge in [-0.25, -0.2) is 0 Å². The lowest BCUT2D eigenvalue weighted by Crippen LogP contribution is -2.44. The first-order chi connectivity index (χ1) is 11.0. The van der Waals surface area contributed by atoms with Gasteiger partial charge in [0, 0.05) is 21.9 Å². The molecule has 0 atom stereocenters.